The number of β-amino-alcohol motifs (C(OH)–C–C–N with tert-alkyl or cyclic N) is 1. The first-order valence-electron chi connectivity index (χ1n) is 11.6. The van der Waals surface area contributed by atoms with E-state index in [1.165, 1.54) is 5.56 Å². The molecule has 2 aromatic heterocycles. The van der Waals surface area contributed by atoms with Crippen molar-refractivity contribution in [2.24, 2.45) is 5.92 Å². The molecule has 0 saturated carbocycles. The fourth-order valence-corrected chi connectivity index (χ4v) is 5.10. The standard InChI is InChI=1S/C26H30N4O3/c1-16(2)30-14-23-21(26(30)32)11-19(25(28-23)33-3)13-29-12-18(24(31)15-29)10-17-8-9-27-22-7-5-4-6-20(17)22/h4-9,11,16,18,24,31H,10,12-15H2,1-3H3/t18-,24+/m1/s1. The second-order valence-electron chi connectivity index (χ2n) is 9.39. The zero-order valence-corrected chi connectivity index (χ0v) is 19.4. The van der Waals surface area contributed by atoms with Crippen molar-refractivity contribution in [2.75, 3.05) is 20.2 Å². The average molecular weight is 447 g/mol. The Morgan fingerprint density at radius 2 is 2.00 bits per heavy atom. The predicted molar refractivity (Wildman–Crippen MR) is 126 cm³/mol. The van der Waals surface area contributed by atoms with Crippen LogP contribution in [0.5, 0.6) is 5.88 Å². The van der Waals surface area contributed by atoms with Crippen LogP contribution in [0.4, 0.5) is 0 Å². The molecule has 1 aromatic carbocycles. The number of pyridine rings is 2. The molecule has 1 N–H and O–H groups in total. The van der Waals surface area contributed by atoms with Gasteiger partial charge < -0.3 is 14.7 Å². The predicted octanol–water partition coefficient (Wildman–Crippen LogP) is 3.04. The van der Waals surface area contributed by atoms with E-state index in [9.17, 15) is 9.90 Å². The molecular weight excluding hydrogens is 416 g/mol. The number of hydrogen-bond acceptors (Lipinski definition) is 6. The number of amides is 1. The number of aliphatic hydroxyl groups is 1. The summed E-state index contributed by atoms with van der Waals surface area (Å²) in [7, 11) is 1.62. The maximum Gasteiger partial charge on any atom is 0.256 e. The maximum absolute atomic E-state index is 12.8. The highest BCUT2D eigenvalue weighted by Gasteiger charge is 2.35. The zero-order chi connectivity index (χ0) is 23.1. The molecule has 172 valence electrons. The molecule has 1 fully saturated rings. The molecule has 2 aliphatic rings. The van der Waals surface area contributed by atoms with Crippen molar-refractivity contribution >= 4 is 16.8 Å². The monoisotopic (exact) mass is 446 g/mol. The van der Waals surface area contributed by atoms with E-state index >= 15 is 0 Å². The van der Waals surface area contributed by atoms with Gasteiger partial charge in [0.2, 0.25) is 5.88 Å². The van der Waals surface area contributed by atoms with Crippen LogP contribution in [-0.2, 0) is 19.5 Å². The molecule has 0 spiro atoms. The lowest BCUT2D eigenvalue weighted by molar-refractivity contribution is 0.0730. The van der Waals surface area contributed by atoms with Gasteiger partial charge in [0.15, 0.2) is 0 Å². The van der Waals surface area contributed by atoms with Gasteiger partial charge in [0.25, 0.3) is 5.91 Å². The number of likely N-dealkylation sites (tertiary alicyclic amines) is 1. The molecule has 0 unspecified atom stereocenters. The van der Waals surface area contributed by atoms with Gasteiger partial charge in [0, 0.05) is 48.7 Å². The van der Waals surface area contributed by atoms with Crippen LogP contribution in [0.2, 0.25) is 0 Å². The number of hydrogen-bond donors (Lipinski definition) is 1. The normalized spacial score (nSPS) is 20.8. The lowest BCUT2D eigenvalue weighted by Gasteiger charge is -2.19. The highest BCUT2D eigenvalue weighted by atomic mass is 16.5. The number of rotatable bonds is 6. The van der Waals surface area contributed by atoms with Crippen molar-refractivity contribution in [1.29, 1.82) is 0 Å². The lowest BCUT2D eigenvalue weighted by Crippen LogP contribution is -2.30. The SMILES string of the molecule is COc1nc2c(cc1CN1C[C@@H](Cc3ccnc4ccccc34)[C@@H](O)C1)C(=O)N(C(C)C)C2. The van der Waals surface area contributed by atoms with Gasteiger partial charge in [-0.15, -0.1) is 0 Å². The number of nitrogens with zero attached hydrogens (tertiary/aromatic N) is 4. The van der Waals surface area contributed by atoms with Crippen LogP contribution < -0.4 is 4.74 Å². The highest BCUT2D eigenvalue weighted by Crippen LogP contribution is 2.31. The number of aliphatic hydroxyl groups excluding tert-OH is 1. The number of benzene rings is 1. The molecule has 4 heterocycles. The second-order valence-corrected chi connectivity index (χ2v) is 9.39. The molecule has 0 bridgehead atoms. The van der Waals surface area contributed by atoms with E-state index < -0.39 is 6.10 Å². The summed E-state index contributed by atoms with van der Waals surface area (Å²) in [6.07, 6.45) is 2.22. The minimum Gasteiger partial charge on any atom is -0.481 e. The molecule has 3 aromatic rings. The first-order chi connectivity index (χ1) is 15.9. The van der Waals surface area contributed by atoms with Gasteiger partial charge in [-0.05, 0) is 44.0 Å². The molecule has 2 aliphatic heterocycles. The number of aromatic nitrogens is 2. The number of ether oxygens (including phenoxy) is 1. The number of carbonyl (C=O) groups is 1. The zero-order valence-electron chi connectivity index (χ0n) is 19.4. The van der Waals surface area contributed by atoms with Crippen LogP contribution in [0.25, 0.3) is 10.9 Å². The van der Waals surface area contributed by atoms with Gasteiger partial charge in [-0.25, -0.2) is 4.98 Å². The Morgan fingerprint density at radius 3 is 2.79 bits per heavy atom. The van der Waals surface area contributed by atoms with Crippen molar-refractivity contribution in [3.8, 4) is 5.88 Å². The Balaban J connectivity index is 1.33. The van der Waals surface area contributed by atoms with E-state index in [1.807, 2.05) is 49.2 Å². The number of carbonyl (C=O) groups excluding carboxylic acids is 1. The summed E-state index contributed by atoms with van der Waals surface area (Å²) in [5.41, 5.74) is 4.52. The fraction of sp³-hybridized carbons (Fsp3) is 0.423. The smallest absolute Gasteiger partial charge is 0.256 e. The summed E-state index contributed by atoms with van der Waals surface area (Å²) in [5.74, 6) is 0.716. The Labute approximate surface area is 194 Å². The van der Waals surface area contributed by atoms with Crippen molar-refractivity contribution in [2.45, 2.75) is 45.5 Å². The Kier molecular flexibility index (Phi) is 5.76. The number of para-hydroxylation sites is 1. The third-order valence-corrected chi connectivity index (χ3v) is 6.87. The molecule has 1 saturated heterocycles. The van der Waals surface area contributed by atoms with Crippen molar-refractivity contribution < 1.29 is 14.6 Å². The largest absolute Gasteiger partial charge is 0.481 e. The molecule has 2 atom stereocenters. The van der Waals surface area contributed by atoms with Crippen LogP contribution in [0.3, 0.4) is 0 Å². The molecule has 0 radical (unpaired) electrons. The summed E-state index contributed by atoms with van der Waals surface area (Å²) in [5, 5.41) is 12.0. The second kappa shape index (κ2) is 8.72. The first-order valence-corrected chi connectivity index (χ1v) is 11.6. The van der Waals surface area contributed by atoms with Crippen LogP contribution in [-0.4, -0.2) is 63.1 Å². The number of methoxy groups -OCH3 is 1. The molecule has 33 heavy (non-hydrogen) atoms. The van der Waals surface area contributed by atoms with E-state index in [-0.39, 0.29) is 17.9 Å². The Hall–Kier alpha value is -3.03. The van der Waals surface area contributed by atoms with E-state index in [0.717, 1.165) is 35.1 Å². The van der Waals surface area contributed by atoms with Crippen LogP contribution in [0.1, 0.15) is 41.0 Å². The van der Waals surface area contributed by atoms with Crippen LogP contribution in [0.15, 0.2) is 42.6 Å². The van der Waals surface area contributed by atoms with Gasteiger partial charge in [-0.1, -0.05) is 18.2 Å². The van der Waals surface area contributed by atoms with E-state index in [4.69, 9.17) is 4.74 Å². The van der Waals surface area contributed by atoms with E-state index in [0.29, 0.717) is 31.1 Å². The summed E-state index contributed by atoms with van der Waals surface area (Å²) in [6.45, 7) is 6.49. The van der Waals surface area contributed by atoms with Gasteiger partial charge in [-0.2, -0.15) is 0 Å². The topological polar surface area (TPSA) is 78.8 Å². The quantitative estimate of drug-likeness (QED) is 0.627. The lowest BCUT2D eigenvalue weighted by atomic mass is 9.94. The van der Waals surface area contributed by atoms with Crippen LogP contribution in [0, 0.1) is 5.92 Å². The fourth-order valence-electron chi connectivity index (χ4n) is 5.10. The van der Waals surface area contributed by atoms with Gasteiger partial charge in [0.1, 0.15) is 0 Å². The Bertz CT molecular complexity index is 1190. The third-order valence-electron chi connectivity index (χ3n) is 6.87. The summed E-state index contributed by atoms with van der Waals surface area (Å²) in [4.78, 5) is 26.0. The van der Waals surface area contributed by atoms with E-state index in [2.05, 4.69) is 27.0 Å². The van der Waals surface area contributed by atoms with E-state index in [1.54, 1.807) is 7.11 Å². The van der Waals surface area contributed by atoms with Crippen molar-refractivity contribution in [3.05, 3.63) is 65.0 Å². The number of fused-ring (bicyclic) bond motifs is 2. The van der Waals surface area contributed by atoms with Crippen molar-refractivity contribution in [1.82, 2.24) is 19.8 Å². The molecule has 7 heteroatoms. The third kappa shape index (κ3) is 4.07. The minimum absolute atomic E-state index is 0.0281. The van der Waals surface area contributed by atoms with Crippen molar-refractivity contribution in [3.63, 3.8) is 0 Å². The minimum atomic E-state index is -0.414. The van der Waals surface area contributed by atoms with Gasteiger partial charge in [0.05, 0.1) is 36.5 Å². The van der Waals surface area contributed by atoms with Gasteiger partial charge >= 0.3 is 0 Å². The van der Waals surface area contributed by atoms with Crippen LogP contribution >= 0.6 is 0 Å². The maximum atomic E-state index is 12.8. The molecule has 0 aliphatic carbocycles. The Morgan fingerprint density at radius 1 is 1.18 bits per heavy atom. The molecule has 1 amide bonds. The summed E-state index contributed by atoms with van der Waals surface area (Å²) >= 11 is 0. The summed E-state index contributed by atoms with van der Waals surface area (Å²) < 4.78 is 5.57. The molecule has 5 rings (SSSR count). The first kappa shape index (κ1) is 21.8. The molecule has 7 nitrogen and oxygen atoms in total. The molecular formula is C26H30N4O3. The summed E-state index contributed by atoms with van der Waals surface area (Å²) in [6, 6.07) is 12.2. The highest BCUT2D eigenvalue weighted by molar-refractivity contribution is 5.98. The average Bonchev–Trinajstić information content (AvgIpc) is 3.32. The van der Waals surface area contributed by atoms with Gasteiger partial charge in [-0.3, -0.25) is 14.7 Å².